The molecule has 1 aromatic heterocycles. The molecule has 3 rings (SSSR count). The Morgan fingerprint density at radius 1 is 1.52 bits per heavy atom. The molecule has 2 aliphatic rings. The van der Waals surface area contributed by atoms with Gasteiger partial charge in [0.25, 0.3) is 5.91 Å². The third-order valence-corrected chi connectivity index (χ3v) is 4.54. The van der Waals surface area contributed by atoms with Crippen molar-refractivity contribution in [3.05, 3.63) is 23.8 Å². The van der Waals surface area contributed by atoms with Gasteiger partial charge in [-0.25, -0.2) is 9.97 Å². The van der Waals surface area contributed by atoms with Crippen molar-refractivity contribution in [2.45, 2.75) is 38.6 Å². The maximum Gasteiger partial charge on any atom is 0.270 e. The van der Waals surface area contributed by atoms with Crippen molar-refractivity contribution in [1.29, 1.82) is 0 Å². The van der Waals surface area contributed by atoms with Crippen molar-refractivity contribution in [2.75, 3.05) is 13.1 Å². The lowest BCUT2D eigenvalue weighted by molar-refractivity contribution is -0.130. The zero-order chi connectivity index (χ0) is 14.9. The molecule has 0 bridgehead atoms. The molecule has 1 aliphatic carbocycles. The number of amides is 1. The van der Waals surface area contributed by atoms with E-state index in [1.54, 1.807) is 19.2 Å². The molecule has 1 aromatic rings. The number of carbonyl (C=O) groups is 2. The molecule has 112 valence electrons. The molecule has 2 N–H and O–H groups in total. The van der Waals surface area contributed by atoms with Gasteiger partial charge >= 0.3 is 0 Å². The van der Waals surface area contributed by atoms with Crippen LogP contribution in [0.25, 0.3) is 0 Å². The summed E-state index contributed by atoms with van der Waals surface area (Å²) in [5, 5.41) is 6.30. The number of Topliss-reactive ketones (excluding diaryl/α,β-unsaturated/α-hetero) is 1. The molecule has 0 radical (unpaired) electrons. The fourth-order valence-electron chi connectivity index (χ4n) is 3.38. The van der Waals surface area contributed by atoms with Crippen LogP contribution < -0.4 is 10.6 Å². The molecule has 1 saturated carbocycles. The monoisotopic (exact) mass is 288 g/mol. The lowest BCUT2D eigenvalue weighted by Gasteiger charge is -2.36. The predicted molar refractivity (Wildman–Crippen MR) is 76.8 cm³/mol. The normalized spacial score (nSPS) is 28.8. The maximum absolute atomic E-state index is 12.2. The second-order valence-corrected chi connectivity index (χ2v) is 6.03. The first-order chi connectivity index (χ1) is 10.1. The smallest absolute Gasteiger partial charge is 0.270 e. The van der Waals surface area contributed by atoms with Crippen molar-refractivity contribution < 1.29 is 9.59 Å². The van der Waals surface area contributed by atoms with Crippen LogP contribution >= 0.6 is 0 Å². The van der Waals surface area contributed by atoms with E-state index < -0.39 is 0 Å². The zero-order valence-electron chi connectivity index (χ0n) is 12.2. The first kappa shape index (κ1) is 14.1. The van der Waals surface area contributed by atoms with Crippen LogP contribution in [0.15, 0.2) is 12.3 Å². The number of ketones is 1. The second kappa shape index (κ2) is 5.52. The van der Waals surface area contributed by atoms with Crippen LogP contribution in [0.4, 0.5) is 0 Å². The molecular weight excluding hydrogens is 268 g/mol. The SMILES string of the molecule is Cc1nccc(C(=O)N[C@H]2CCC(=O)C3(CCNC3)C2)n1. The summed E-state index contributed by atoms with van der Waals surface area (Å²) in [7, 11) is 0. The van der Waals surface area contributed by atoms with Crippen molar-refractivity contribution >= 4 is 11.7 Å². The fourth-order valence-corrected chi connectivity index (χ4v) is 3.38. The third-order valence-electron chi connectivity index (χ3n) is 4.54. The van der Waals surface area contributed by atoms with Crippen LogP contribution in [-0.4, -0.2) is 40.8 Å². The molecular formula is C15H20N4O2. The van der Waals surface area contributed by atoms with E-state index in [0.29, 0.717) is 23.7 Å². The van der Waals surface area contributed by atoms with Gasteiger partial charge in [0.05, 0.1) is 0 Å². The van der Waals surface area contributed by atoms with Gasteiger partial charge in [-0.15, -0.1) is 0 Å². The minimum absolute atomic E-state index is 0.0466. The van der Waals surface area contributed by atoms with E-state index in [0.717, 1.165) is 32.4 Å². The first-order valence-electron chi connectivity index (χ1n) is 7.44. The van der Waals surface area contributed by atoms with Crippen LogP contribution in [0.2, 0.25) is 0 Å². The Bertz CT molecular complexity index is 567. The van der Waals surface area contributed by atoms with Crippen molar-refractivity contribution in [3.63, 3.8) is 0 Å². The third kappa shape index (κ3) is 2.81. The summed E-state index contributed by atoms with van der Waals surface area (Å²) < 4.78 is 0. The van der Waals surface area contributed by atoms with Gasteiger partial charge in [-0.05, 0) is 38.8 Å². The average molecular weight is 288 g/mol. The highest BCUT2D eigenvalue weighted by atomic mass is 16.2. The number of carbonyl (C=O) groups excluding carboxylic acids is 2. The molecule has 21 heavy (non-hydrogen) atoms. The van der Waals surface area contributed by atoms with Crippen LogP contribution in [0.5, 0.6) is 0 Å². The summed E-state index contributed by atoms with van der Waals surface area (Å²) in [6.45, 7) is 3.39. The Balaban J connectivity index is 1.68. The summed E-state index contributed by atoms with van der Waals surface area (Å²) >= 11 is 0. The lowest BCUT2D eigenvalue weighted by Crippen LogP contribution is -2.48. The van der Waals surface area contributed by atoms with E-state index in [1.807, 2.05) is 0 Å². The molecule has 6 nitrogen and oxygen atoms in total. The summed E-state index contributed by atoms with van der Waals surface area (Å²) in [5.74, 6) is 0.745. The van der Waals surface area contributed by atoms with Gasteiger partial charge in [0.1, 0.15) is 17.3 Å². The molecule has 6 heteroatoms. The standard InChI is InChI=1S/C15H20N4O2/c1-10-17-6-4-12(18-10)14(21)19-11-2-3-13(20)15(8-11)5-7-16-9-15/h4,6,11,16H,2-3,5,7-9H2,1H3,(H,19,21)/t11-,15?/m0/s1. The largest absolute Gasteiger partial charge is 0.348 e. The summed E-state index contributed by atoms with van der Waals surface area (Å²) in [4.78, 5) is 32.6. The topological polar surface area (TPSA) is 84.0 Å². The first-order valence-corrected chi connectivity index (χ1v) is 7.44. The molecule has 1 spiro atoms. The molecule has 2 heterocycles. The van der Waals surface area contributed by atoms with E-state index >= 15 is 0 Å². The number of aromatic nitrogens is 2. The van der Waals surface area contributed by atoms with E-state index in [9.17, 15) is 9.59 Å². The van der Waals surface area contributed by atoms with E-state index in [2.05, 4.69) is 20.6 Å². The van der Waals surface area contributed by atoms with Crippen molar-refractivity contribution in [2.24, 2.45) is 5.41 Å². The Kier molecular flexibility index (Phi) is 3.71. The maximum atomic E-state index is 12.2. The number of rotatable bonds is 2. The highest BCUT2D eigenvalue weighted by Crippen LogP contribution is 2.38. The Labute approximate surface area is 123 Å². The summed E-state index contributed by atoms with van der Waals surface area (Å²) in [6.07, 6.45) is 4.47. The predicted octanol–water partition coefficient (Wildman–Crippen LogP) is 0.616. The van der Waals surface area contributed by atoms with Gasteiger partial charge < -0.3 is 10.6 Å². The second-order valence-electron chi connectivity index (χ2n) is 6.03. The molecule has 2 atom stereocenters. The number of aryl methyl sites for hydroxylation is 1. The number of nitrogens with one attached hydrogen (secondary N) is 2. The van der Waals surface area contributed by atoms with Crippen LogP contribution in [0.1, 0.15) is 42.0 Å². The Morgan fingerprint density at radius 2 is 2.38 bits per heavy atom. The van der Waals surface area contributed by atoms with Crippen molar-refractivity contribution in [1.82, 2.24) is 20.6 Å². The highest BCUT2D eigenvalue weighted by molar-refractivity contribution is 5.93. The molecule has 1 amide bonds. The zero-order valence-corrected chi connectivity index (χ0v) is 12.2. The summed E-state index contributed by atoms with van der Waals surface area (Å²) in [5.41, 5.74) is 0.121. The van der Waals surface area contributed by atoms with E-state index in [4.69, 9.17) is 0 Å². The van der Waals surface area contributed by atoms with Gasteiger partial charge in [0.15, 0.2) is 0 Å². The Hall–Kier alpha value is -1.82. The van der Waals surface area contributed by atoms with Gasteiger partial charge in [0.2, 0.25) is 0 Å². The molecule has 1 saturated heterocycles. The lowest BCUT2D eigenvalue weighted by atomic mass is 9.70. The minimum Gasteiger partial charge on any atom is -0.348 e. The quantitative estimate of drug-likeness (QED) is 0.833. The fraction of sp³-hybridized carbons (Fsp3) is 0.600. The molecule has 1 unspecified atom stereocenters. The molecule has 1 aliphatic heterocycles. The van der Waals surface area contributed by atoms with E-state index in [1.165, 1.54) is 0 Å². The summed E-state index contributed by atoms with van der Waals surface area (Å²) in [6, 6.07) is 1.66. The van der Waals surface area contributed by atoms with Crippen LogP contribution in [-0.2, 0) is 4.79 Å². The van der Waals surface area contributed by atoms with Crippen LogP contribution in [0, 0.1) is 12.3 Å². The van der Waals surface area contributed by atoms with Crippen LogP contribution in [0.3, 0.4) is 0 Å². The number of hydrogen-bond acceptors (Lipinski definition) is 5. The van der Waals surface area contributed by atoms with Gasteiger partial charge in [-0.2, -0.15) is 0 Å². The van der Waals surface area contributed by atoms with Gasteiger partial charge in [-0.3, -0.25) is 9.59 Å². The van der Waals surface area contributed by atoms with Crippen molar-refractivity contribution in [3.8, 4) is 0 Å². The highest BCUT2D eigenvalue weighted by Gasteiger charge is 2.45. The molecule has 0 aromatic carbocycles. The minimum atomic E-state index is -0.266. The Morgan fingerprint density at radius 3 is 3.10 bits per heavy atom. The van der Waals surface area contributed by atoms with Gasteiger partial charge in [0, 0.05) is 30.6 Å². The average Bonchev–Trinajstić information content (AvgIpc) is 2.92. The van der Waals surface area contributed by atoms with Gasteiger partial charge in [-0.1, -0.05) is 0 Å². The molecule has 2 fully saturated rings. The number of nitrogens with zero attached hydrogens (tertiary/aromatic N) is 2. The van der Waals surface area contributed by atoms with E-state index in [-0.39, 0.29) is 17.4 Å². The number of hydrogen-bond donors (Lipinski definition) is 2.